The molecule has 2 rings (SSSR count). The van der Waals surface area contributed by atoms with Gasteiger partial charge in [-0.25, -0.2) is 0 Å². The lowest BCUT2D eigenvalue weighted by Crippen LogP contribution is -2.44. The Balaban J connectivity index is 1.89. The van der Waals surface area contributed by atoms with Crippen LogP contribution in [0.3, 0.4) is 0 Å². The van der Waals surface area contributed by atoms with Crippen molar-refractivity contribution in [3.8, 4) is 0 Å². The first-order chi connectivity index (χ1) is 9.19. The molecule has 0 amide bonds. The summed E-state index contributed by atoms with van der Waals surface area (Å²) in [6, 6.07) is 10.2. The summed E-state index contributed by atoms with van der Waals surface area (Å²) < 4.78 is 0. The second kappa shape index (κ2) is 7.06. The lowest BCUT2D eigenvalue weighted by Gasteiger charge is -2.32. The Morgan fingerprint density at radius 1 is 1.32 bits per heavy atom. The number of likely N-dealkylation sites (N-methyl/N-ethyl adjacent to an activating group) is 1. The molecule has 1 aromatic rings. The Labute approximate surface area is 118 Å². The van der Waals surface area contributed by atoms with Gasteiger partial charge >= 0.3 is 0 Å². The van der Waals surface area contributed by atoms with E-state index in [1.807, 2.05) is 0 Å². The first kappa shape index (κ1) is 14.5. The van der Waals surface area contributed by atoms with Gasteiger partial charge in [0.25, 0.3) is 0 Å². The molecule has 1 N–H and O–H groups in total. The molecule has 0 aromatic heterocycles. The van der Waals surface area contributed by atoms with E-state index in [2.05, 4.69) is 55.4 Å². The highest BCUT2D eigenvalue weighted by Gasteiger charge is 2.19. The zero-order chi connectivity index (χ0) is 13.7. The molecule has 0 spiro atoms. The van der Waals surface area contributed by atoms with Crippen LogP contribution in [0.25, 0.3) is 0 Å². The van der Waals surface area contributed by atoms with E-state index in [4.69, 9.17) is 0 Å². The van der Waals surface area contributed by atoms with Gasteiger partial charge in [0.05, 0.1) is 0 Å². The van der Waals surface area contributed by atoms with Crippen LogP contribution in [0.15, 0.2) is 24.3 Å². The fraction of sp³-hybridized carbons (Fsp3) is 0.647. The molecule has 19 heavy (non-hydrogen) atoms. The van der Waals surface area contributed by atoms with Gasteiger partial charge in [-0.15, -0.1) is 0 Å². The van der Waals surface area contributed by atoms with Gasteiger partial charge in [0.2, 0.25) is 0 Å². The van der Waals surface area contributed by atoms with Crippen molar-refractivity contribution in [3.63, 3.8) is 0 Å². The first-order valence-electron chi connectivity index (χ1n) is 7.72. The molecule has 2 unspecified atom stereocenters. The maximum absolute atomic E-state index is 3.78. The number of piperidine rings is 1. The van der Waals surface area contributed by atoms with Gasteiger partial charge < -0.3 is 10.2 Å². The SMILES string of the molecule is CCCc1ccc(C(C)NC2CCCN(C)C2)cc1. The van der Waals surface area contributed by atoms with Crippen molar-refractivity contribution in [2.75, 3.05) is 20.1 Å². The Morgan fingerprint density at radius 2 is 2.05 bits per heavy atom. The van der Waals surface area contributed by atoms with E-state index < -0.39 is 0 Å². The van der Waals surface area contributed by atoms with E-state index in [-0.39, 0.29) is 0 Å². The van der Waals surface area contributed by atoms with Crippen LogP contribution >= 0.6 is 0 Å². The quantitative estimate of drug-likeness (QED) is 0.873. The van der Waals surface area contributed by atoms with Crippen molar-refractivity contribution in [1.29, 1.82) is 0 Å². The molecule has 2 nitrogen and oxygen atoms in total. The third-order valence-corrected chi connectivity index (χ3v) is 4.13. The van der Waals surface area contributed by atoms with Crippen molar-refractivity contribution < 1.29 is 0 Å². The van der Waals surface area contributed by atoms with Crippen LogP contribution < -0.4 is 5.32 Å². The predicted molar refractivity (Wildman–Crippen MR) is 82.5 cm³/mol. The summed E-state index contributed by atoms with van der Waals surface area (Å²) in [6.45, 7) is 6.94. The van der Waals surface area contributed by atoms with Crippen LogP contribution in [-0.2, 0) is 6.42 Å². The molecule has 106 valence electrons. The highest BCUT2D eigenvalue weighted by molar-refractivity contribution is 5.24. The molecule has 1 heterocycles. The summed E-state index contributed by atoms with van der Waals surface area (Å²) in [6.07, 6.45) is 5.04. The molecule has 1 aliphatic rings. The number of hydrogen-bond acceptors (Lipinski definition) is 2. The zero-order valence-corrected chi connectivity index (χ0v) is 12.7. The normalized spacial score (nSPS) is 22.4. The van der Waals surface area contributed by atoms with Crippen LogP contribution in [0.5, 0.6) is 0 Å². The second-order valence-corrected chi connectivity index (χ2v) is 5.98. The third kappa shape index (κ3) is 4.32. The van der Waals surface area contributed by atoms with Crippen molar-refractivity contribution >= 4 is 0 Å². The number of rotatable bonds is 5. The Hall–Kier alpha value is -0.860. The van der Waals surface area contributed by atoms with Gasteiger partial charge in [-0.2, -0.15) is 0 Å². The largest absolute Gasteiger partial charge is 0.306 e. The molecule has 0 radical (unpaired) electrons. The van der Waals surface area contributed by atoms with Crippen molar-refractivity contribution in [1.82, 2.24) is 10.2 Å². The number of likely N-dealkylation sites (tertiary alicyclic amines) is 1. The molecule has 1 saturated heterocycles. The maximum Gasteiger partial charge on any atom is 0.0294 e. The van der Waals surface area contributed by atoms with E-state index in [9.17, 15) is 0 Å². The minimum atomic E-state index is 0.451. The van der Waals surface area contributed by atoms with E-state index in [0.29, 0.717) is 12.1 Å². The molecule has 0 aliphatic carbocycles. The van der Waals surface area contributed by atoms with Crippen LogP contribution in [0.2, 0.25) is 0 Å². The standard InChI is InChI=1S/C17H28N2/c1-4-6-15-8-10-16(11-9-15)14(2)18-17-7-5-12-19(3)13-17/h8-11,14,17-18H,4-7,12-13H2,1-3H3. The van der Waals surface area contributed by atoms with Gasteiger partial charge in [0.1, 0.15) is 0 Å². The van der Waals surface area contributed by atoms with Crippen molar-refractivity contribution in [3.05, 3.63) is 35.4 Å². The molecule has 0 saturated carbocycles. The van der Waals surface area contributed by atoms with E-state index >= 15 is 0 Å². The highest BCUT2D eigenvalue weighted by Crippen LogP contribution is 2.17. The Bertz CT molecular complexity index is 371. The Kier molecular flexibility index (Phi) is 5.41. The topological polar surface area (TPSA) is 15.3 Å². The average molecular weight is 260 g/mol. The molecular formula is C17H28N2. The summed E-state index contributed by atoms with van der Waals surface area (Å²) in [4.78, 5) is 2.43. The molecule has 1 fully saturated rings. The average Bonchev–Trinajstić information content (AvgIpc) is 2.40. The smallest absolute Gasteiger partial charge is 0.0294 e. The van der Waals surface area contributed by atoms with Crippen LogP contribution in [0.4, 0.5) is 0 Å². The molecule has 2 heteroatoms. The van der Waals surface area contributed by atoms with Crippen molar-refractivity contribution in [2.45, 2.75) is 51.6 Å². The lowest BCUT2D eigenvalue weighted by atomic mass is 10.0. The second-order valence-electron chi connectivity index (χ2n) is 5.98. The summed E-state index contributed by atoms with van der Waals surface area (Å²) >= 11 is 0. The van der Waals surface area contributed by atoms with Crippen molar-refractivity contribution in [2.24, 2.45) is 0 Å². The van der Waals surface area contributed by atoms with Gasteiger partial charge in [-0.1, -0.05) is 37.6 Å². The number of benzene rings is 1. The lowest BCUT2D eigenvalue weighted by molar-refractivity contribution is 0.218. The van der Waals surface area contributed by atoms with Crippen LogP contribution in [0, 0.1) is 0 Å². The van der Waals surface area contributed by atoms with Gasteiger partial charge in [-0.05, 0) is 50.9 Å². The number of nitrogens with one attached hydrogen (secondary N) is 1. The van der Waals surface area contributed by atoms with Gasteiger partial charge in [0, 0.05) is 18.6 Å². The summed E-state index contributed by atoms with van der Waals surface area (Å²) in [5.74, 6) is 0. The summed E-state index contributed by atoms with van der Waals surface area (Å²) in [5, 5.41) is 3.78. The number of hydrogen-bond donors (Lipinski definition) is 1. The summed E-state index contributed by atoms with van der Waals surface area (Å²) in [7, 11) is 2.22. The summed E-state index contributed by atoms with van der Waals surface area (Å²) in [5.41, 5.74) is 2.86. The van der Waals surface area contributed by atoms with E-state index in [1.165, 1.54) is 49.9 Å². The van der Waals surface area contributed by atoms with Gasteiger partial charge in [0.15, 0.2) is 0 Å². The fourth-order valence-corrected chi connectivity index (χ4v) is 3.01. The molecule has 1 aromatic carbocycles. The monoisotopic (exact) mass is 260 g/mol. The van der Waals surface area contributed by atoms with E-state index in [0.717, 1.165) is 0 Å². The molecule has 2 atom stereocenters. The Morgan fingerprint density at radius 3 is 2.68 bits per heavy atom. The molecule has 1 aliphatic heterocycles. The van der Waals surface area contributed by atoms with Crippen LogP contribution in [0.1, 0.15) is 50.3 Å². The fourth-order valence-electron chi connectivity index (χ4n) is 3.01. The van der Waals surface area contributed by atoms with Crippen LogP contribution in [-0.4, -0.2) is 31.1 Å². The first-order valence-corrected chi connectivity index (χ1v) is 7.72. The van der Waals surface area contributed by atoms with Gasteiger partial charge in [-0.3, -0.25) is 0 Å². The molecule has 0 bridgehead atoms. The number of nitrogens with zero attached hydrogens (tertiary/aromatic N) is 1. The molecular weight excluding hydrogens is 232 g/mol. The maximum atomic E-state index is 3.78. The predicted octanol–water partition coefficient (Wildman–Crippen LogP) is 3.38. The zero-order valence-electron chi connectivity index (χ0n) is 12.7. The number of aryl methyl sites for hydroxylation is 1. The third-order valence-electron chi connectivity index (χ3n) is 4.13. The van der Waals surface area contributed by atoms with E-state index in [1.54, 1.807) is 0 Å². The minimum absolute atomic E-state index is 0.451. The highest BCUT2D eigenvalue weighted by atomic mass is 15.1. The minimum Gasteiger partial charge on any atom is -0.306 e.